The third kappa shape index (κ3) is 4.06. The summed E-state index contributed by atoms with van der Waals surface area (Å²) in [5.74, 6) is 1.02. The minimum atomic E-state index is -2.90. The summed E-state index contributed by atoms with van der Waals surface area (Å²) in [4.78, 5) is 0. The molecule has 3 nitrogen and oxygen atoms in total. The van der Waals surface area contributed by atoms with Crippen molar-refractivity contribution in [3.05, 3.63) is 0 Å². The molecule has 0 radical (unpaired) electrons. The zero-order chi connectivity index (χ0) is 12.2. The van der Waals surface area contributed by atoms with Gasteiger partial charge >= 0.3 is 0 Å². The van der Waals surface area contributed by atoms with Crippen LogP contribution in [0.3, 0.4) is 0 Å². The van der Waals surface area contributed by atoms with Gasteiger partial charge in [-0.3, -0.25) is 0 Å². The number of nitrogens with two attached hydrogens (primary N) is 1. The van der Waals surface area contributed by atoms with Crippen LogP contribution in [0.1, 0.15) is 52.4 Å². The highest BCUT2D eigenvalue weighted by molar-refractivity contribution is 7.92. The zero-order valence-electron chi connectivity index (χ0n) is 10.5. The Labute approximate surface area is 99.7 Å². The van der Waals surface area contributed by atoms with E-state index in [9.17, 15) is 8.42 Å². The van der Waals surface area contributed by atoms with E-state index in [0.29, 0.717) is 11.7 Å². The molecule has 0 amide bonds. The average molecular weight is 247 g/mol. The molecule has 1 rings (SSSR count). The molecule has 0 bridgehead atoms. The van der Waals surface area contributed by atoms with Crippen molar-refractivity contribution in [3.63, 3.8) is 0 Å². The van der Waals surface area contributed by atoms with Crippen LogP contribution in [0.2, 0.25) is 0 Å². The molecule has 0 aromatic heterocycles. The van der Waals surface area contributed by atoms with Gasteiger partial charge in [0.1, 0.15) is 0 Å². The predicted molar refractivity (Wildman–Crippen MR) is 68.1 cm³/mol. The fourth-order valence-corrected chi connectivity index (χ4v) is 4.51. The maximum Gasteiger partial charge on any atom is 0.154 e. The molecule has 1 saturated heterocycles. The number of rotatable bonds is 5. The first kappa shape index (κ1) is 14.0. The maximum absolute atomic E-state index is 11.8. The lowest BCUT2D eigenvalue weighted by Gasteiger charge is -2.27. The molecule has 0 spiro atoms. The molecule has 1 fully saturated rings. The van der Waals surface area contributed by atoms with Gasteiger partial charge in [-0.05, 0) is 25.2 Å². The van der Waals surface area contributed by atoms with E-state index in [4.69, 9.17) is 5.73 Å². The lowest BCUT2D eigenvalue weighted by Crippen LogP contribution is -2.43. The number of hydrogen-bond acceptors (Lipinski definition) is 3. The molecular weight excluding hydrogens is 222 g/mol. The third-order valence-corrected chi connectivity index (χ3v) is 5.79. The summed E-state index contributed by atoms with van der Waals surface area (Å²) in [6.45, 7) is 4.37. The van der Waals surface area contributed by atoms with Crippen LogP contribution < -0.4 is 5.73 Å². The van der Waals surface area contributed by atoms with Crippen LogP contribution in [0.4, 0.5) is 0 Å². The summed E-state index contributed by atoms with van der Waals surface area (Å²) in [6, 6.07) is -0.149. The van der Waals surface area contributed by atoms with Crippen molar-refractivity contribution < 1.29 is 8.42 Å². The van der Waals surface area contributed by atoms with Crippen molar-refractivity contribution in [2.45, 2.75) is 63.7 Å². The molecule has 4 heteroatoms. The Hall–Kier alpha value is -0.0900. The van der Waals surface area contributed by atoms with E-state index in [0.717, 1.165) is 38.5 Å². The quantitative estimate of drug-likeness (QED) is 0.809. The summed E-state index contributed by atoms with van der Waals surface area (Å²) < 4.78 is 23.7. The highest BCUT2D eigenvalue weighted by Gasteiger charge is 2.33. The molecule has 16 heavy (non-hydrogen) atoms. The fraction of sp³-hybridized carbons (Fsp3) is 1.00. The molecule has 1 heterocycles. The molecule has 2 unspecified atom stereocenters. The van der Waals surface area contributed by atoms with E-state index in [2.05, 4.69) is 13.8 Å². The molecule has 0 saturated carbocycles. The van der Waals surface area contributed by atoms with E-state index in [1.54, 1.807) is 0 Å². The second-order valence-corrected chi connectivity index (χ2v) is 7.73. The van der Waals surface area contributed by atoms with Crippen LogP contribution in [-0.2, 0) is 9.84 Å². The van der Waals surface area contributed by atoms with Crippen molar-refractivity contribution in [1.29, 1.82) is 0 Å². The molecule has 2 atom stereocenters. The minimum absolute atomic E-state index is 0.149. The van der Waals surface area contributed by atoms with Gasteiger partial charge in [0, 0.05) is 6.04 Å². The van der Waals surface area contributed by atoms with Crippen LogP contribution in [-0.4, -0.2) is 25.5 Å². The molecule has 96 valence electrons. The predicted octanol–water partition coefficient (Wildman–Crippen LogP) is 2.11. The minimum Gasteiger partial charge on any atom is -0.327 e. The van der Waals surface area contributed by atoms with Crippen molar-refractivity contribution in [1.82, 2.24) is 0 Å². The van der Waals surface area contributed by atoms with Gasteiger partial charge in [-0.2, -0.15) is 0 Å². The Balaban J connectivity index is 2.43. The highest BCUT2D eigenvalue weighted by Crippen LogP contribution is 2.24. The Kier molecular flexibility index (Phi) is 5.25. The molecule has 1 aliphatic rings. The average Bonchev–Trinajstić information content (AvgIpc) is 2.16. The van der Waals surface area contributed by atoms with E-state index >= 15 is 0 Å². The first-order valence-corrected chi connectivity index (χ1v) is 8.12. The molecule has 1 aliphatic heterocycles. The van der Waals surface area contributed by atoms with Gasteiger partial charge in [0.25, 0.3) is 0 Å². The monoisotopic (exact) mass is 247 g/mol. The Morgan fingerprint density at radius 1 is 1.25 bits per heavy atom. The smallest absolute Gasteiger partial charge is 0.154 e. The second-order valence-electron chi connectivity index (χ2n) is 5.39. The number of sulfone groups is 1. The van der Waals surface area contributed by atoms with Crippen LogP contribution in [0, 0.1) is 5.92 Å². The molecule has 0 aromatic carbocycles. The second kappa shape index (κ2) is 6.01. The van der Waals surface area contributed by atoms with Crippen molar-refractivity contribution >= 4 is 9.84 Å². The van der Waals surface area contributed by atoms with Crippen molar-refractivity contribution in [2.24, 2.45) is 11.7 Å². The van der Waals surface area contributed by atoms with Gasteiger partial charge in [0.2, 0.25) is 0 Å². The molecule has 0 aromatic rings. The fourth-order valence-electron chi connectivity index (χ4n) is 2.41. The first-order valence-electron chi connectivity index (χ1n) is 6.40. The molecule has 2 N–H and O–H groups in total. The summed E-state index contributed by atoms with van der Waals surface area (Å²) in [6.07, 6.45) is 5.64. The summed E-state index contributed by atoms with van der Waals surface area (Å²) >= 11 is 0. The maximum atomic E-state index is 11.8. The largest absolute Gasteiger partial charge is 0.327 e. The molecular formula is C12H25NO2S. The van der Waals surface area contributed by atoms with Gasteiger partial charge in [-0.25, -0.2) is 8.42 Å². The first-order chi connectivity index (χ1) is 7.43. The Morgan fingerprint density at radius 3 is 2.50 bits per heavy atom. The van der Waals surface area contributed by atoms with Gasteiger partial charge < -0.3 is 5.73 Å². The zero-order valence-corrected chi connectivity index (χ0v) is 11.3. The highest BCUT2D eigenvalue weighted by atomic mass is 32.2. The van der Waals surface area contributed by atoms with Crippen LogP contribution >= 0.6 is 0 Å². The van der Waals surface area contributed by atoms with E-state index in [1.807, 2.05) is 0 Å². The summed E-state index contributed by atoms with van der Waals surface area (Å²) in [5.41, 5.74) is 6.03. The van der Waals surface area contributed by atoms with Gasteiger partial charge in [-0.15, -0.1) is 0 Å². The summed E-state index contributed by atoms with van der Waals surface area (Å²) in [7, 11) is -2.90. The normalized spacial score (nSPS) is 26.9. The van der Waals surface area contributed by atoms with Crippen molar-refractivity contribution in [3.8, 4) is 0 Å². The third-order valence-electron chi connectivity index (χ3n) is 3.43. The SMILES string of the molecule is CC(C)CCCC(N)C1CCCCS1(=O)=O. The van der Waals surface area contributed by atoms with Crippen molar-refractivity contribution in [2.75, 3.05) is 5.75 Å². The van der Waals surface area contributed by atoms with E-state index in [1.165, 1.54) is 0 Å². The lowest BCUT2D eigenvalue weighted by molar-refractivity contribution is 0.450. The Bertz CT molecular complexity index is 298. The lowest BCUT2D eigenvalue weighted by atomic mass is 9.99. The molecule has 0 aliphatic carbocycles. The van der Waals surface area contributed by atoms with Gasteiger partial charge in [0.15, 0.2) is 9.84 Å². The van der Waals surface area contributed by atoms with E-state index in [-0.39, 0.29) is 11.3 Å². The van der Waals surface area contributed by atoms with Gasteiger partial charge in [-0.1, -0.05) is 33.1 Å². The Morgan fingerprint density at radius 2 is 1.94 bits per heavy atom. The van der Waals surface area contributed by atoms with Crippen LogP contribution in [0.15, 0.2) is 0 Å². The van der Waals surface area contributed by atoms with Crippen LogP contribution in [0.5, 0.6) is 0 Å². The topological polar surface area (TPSA) is 60.2 Å². The van der Waals surface area contributed by atoms with Crippen LogP contribution in [0.25, 0.3) is 0 Å². The van der Waals surface area contributed by atoms with Gasteiger partial charge in [0.05, 0.1) is 11.0 Å². The number of hydrogen-bond donors (Lipinski definition) is 1. The summed E-state index contributed by atoms with van der Waals surface area (Å²) in [5, 5.41) is -0.270. The van der Waals surface area contributed by atoms with E-state index < -0.39 is 9.84 Å². The standard InChI is InChI=1S/C12H25NO2S/c1-10(2)6-5-7-11(13)12-8-3-4-9-16(12,14)15/h10-12H,3-9,13H2,1-2H3.